The van der Waals surface area contributed by atoms with E-state index in [4.69, 9.17) is 5.73 Å². The summed E-state index contributed by atoms with van der Waals surface area (Å²) in [5, 5.41) is 0. The summed E-state index contributed by atoms with van der Waals surface area (Å²) in [5.41, 5.74) is 6.37. The molecule has 6 heteroatoms. The van der Waals surface area contributed by atoms with Crippen LogP contribution in [0.3, 0.4) is 0 Å². The molecule has 2 unspecified atom stereocenters. The van der Waals surface area contributed by atoms with E-state index in [0.717, 1.165) is 29.8 Å². The lowest BCUT2D eigenvalue weighted by atomic mass is 10.0. The van der Waals surface area contributed by atoms with E-state index in [9.17, 15) is 8.42 Å². The summed E-state index contributed by atoms with van der Waals surface area (Å²) in [4.78, 5) is 1.05. The van der Waals surface area contributed by atoms with Gasteiger partial charge in [0.15, 0.2) is 0 Å². The molecule has 1 aliphatic heterocycles. The monoisotopic (exact) mass is 328 g/mol. The van der Waals surface area contributed by atoms with Crippen LogP contribution >= 0.6 is 11.8 Å². The molecule has 0 aromatic heterocycles. The fraction of sp³-hybridized carbons (Fsp3) is 0.600. The highest BCUT2D eigenvalue weighted by Gasteiger charge is 2.33. The minimum absolute atomic E-state index is 0.125. The SMILES string of the molecule is CC1CCCC(C)N1S(=O)(=O)CCSc1ccc(N)cc1. The number of nitrogen functional groups attached to an aromatic ring is 1. The molecule has 4 nitrogen and oxygen atoms in total. The fourth-order valence-electron chi connectivity index (χ4n) is 2.88. The number of nitrogens with zero attached hydrogens (tertiary/aromatic N) is 1. The van der Waals surface area contributed by atoms with E-state index in [1.165, 1.54) is 0 Å². The molecular weight excluding hydrogens is 304 g/mol. The smallest absolute Gasteiger partial charge is 0.215 e. The highest BCUT2D eigenvalue weighted by Crippen LogP contribution is 2.27. The number of thioether (sulfide) groups is 1. The Balaban J connectivity index is 1.93. The Morgan fingerprint density at radius 2 is 1.76 bits per heavy atom. The molecule has 0 aliphatic carbocycles. The molecule has 0 bridgehead atoms. The molecule has 1 aliphatic rings. The van der Waals surface area contributed by atoms with Crippen molar-refractivity contribution in [3.63, 3.8) is 0 Å². The third-order valence-corrected chi connectivity index (χ3v) is 7.28. The molecule has 1 fully saturated rings. The molecule has 1 aromatic carbocycles. The second-order valence-electron chi connectivity index (χ2n) is 5.69. The van der Waals surface area contributed by atoms with Crippen LogP contribution in [-0.4, -0.2) is 36.3 Å². The first-order valence-electron chi connectivity index (χ1n) is 7.40. The van der Waals surface area contributed by atoms with Gasteiger partial charge in [-0.2, -0.15) is 4.31 Å². The average Bonchev–Trinajstić information content (AvgIpc) is 2.40. The van der Waals surface area contributed by atoms with Crippen LogP contribution < -0.4 is 5.73 Å². The van der Waals surface area contributed by atoms with Gasteiger partial charge in [0.05, 0.1) is 5.75 Å². The maximum atomic E-state index is 12.5. The van der Waals surface area contributed by atoms with Crippen LogP contribution in [0.2, 0.25) is 0 Å². The predicted molar refractivity (Wildman–Crippen MR) is 90.0 cm³/mol. The van der Waals surface area contributed by atoms with Crippen LogP contribution in [0.15, 0.2) is 29.2 Å². The molecule has 0 saturated carbocycles. The first-order chi connectivity index (χ1) is 9.90. The molecule has 1 heterocycles. The Kier molecular flexibility index (Phi) is 5.57. The van der Waals surface area contributed by atoms with Crippen LogP contribution in [0.5, 0.6) is 0 Å². The summed E-state index contributed by atoms with van der Waals surface area (Å²) in [6.45, 7) is 4.03. The zero-order chi connectivity index (χ0) is 15.5. The summed E-state index contributed by atoms with van der Waals surface area (Å²) in [6.07, 6.45) is 3.05. The summed E-state index contributed by atoms with van der Waals surface area (Å²) < 4.78 is 26.8. The van der Waals surface area contributed by atoms with Gasteiger partial charge in [0, 0.05) is 28.4 Å². The minimum atomic E-state index is -3.17. The number of piperidine rings is 1. The number of hydrogen-bond donors (Lipinski definition) is 1. The molecule has 1 aromatic rings. The lowest BCUT2D eigenvalue weighted by Crippen LogP contribution is -2.48. The topological polar surface area (TPSA) is 63.4 Å². The Bertz CT molecular complexity index is 548. The zero-order valence-electron chi connectivity index (χ0n) is 12.7. The number of nitrogens with two attached hydrogens (primary N) is 1. The van der Waals surface area contributed by atoms with Crippen molar-refractivity contribution in [1.82, 2.24) is 4.31 Å². The lowest BCUT2D eigenvalue weighted by molar-refractivity contribution is 0.204. The molecule has 1 saturated heterocycles. The third kappa shape index (κ3) is 4.37. The van der Waals surface area contributed by atoms with Crippen LogP contribution in [-0.2, 0) is 10.0 Å². The third-order valence-electron chi connectivity index (χ3n) is 3.92. The number of rotatable bonds is 5. The highest BCUT2D eigenvalue weighted by atomic mass is 32.2. The van der Waals surface area contributed by atoms with E-state index < -0.39 is 10.0 Å². The summed E-state index contributed by atoms with van der Waals surface area (Å²) >= 11 is 1.56. The van der Waals surface area contributed by atoms with Gasteiger partial charge in [0.25, 0.3) is 0 Å². The van der Waals surface area contributed by atoms with Crippen molar-refractivity contribution in [3.8, 4) is 0 Å². The van der Waals surface area contributed by atoms with Crippen molar-refractivity contribution in [2.24, 2.45) is 0 Å². The van der Waals surface area contributed by atoms with Crippen molar-refractivity contribution < 1.29 is 8.42 Å². The van der Waals surface area contributed by atoms with Crippen LogP contribution in [0, 0.1) is 0 Å². The largest absolute Gasteiger partial charge is 0.399 e. The van der Waals surface area contributed by atoms with Gasteiger partial charge in [0.2, 0.25) is 10.0 Å². The van der Waals surface area contributed by atoms with Crippen molar-refractivity contribution >= 4 is 27.5 Å². The van der Waals surface area contributed by atoms with Gasteiger partial charge < -0.3 is 5.73 Å². The normalized spacial score (nSPS) is 24.1. The van der Waals surface area contributed by atoms with E-state index in [1.54, 1.807) is 16.1 Å². The van der Waals surface area contributed by atoms with E-state index in [0.29, 0.717) is 5.75 Å². The Hall–Kier alpha value is -0.720. The number of hydrogen-bond acceptors (Lipinski definition) is 4. The number of benzene rings is 1. The van der Waals surface area contributed by atoms with E-state index in [-0.39, 0.29) is 17.8 Å². The second-order valence-corrected chi connectivity index (χ2v) is 8.85. The standard InChI is InChI=1S/C15H24N2O2S2/c1-12-4-3-5-13(2)17(12)21(18,19)11-10-20-15-8-6-14(16)7-9-15/h6-9,12-13H,3-5,10-11,16H2,1-2H3. The van der Waals surface area contributed by atoms with Gasteiger partial charge >= 0.3 is 0 Å². The van der Waals surface area contributed by atoms with Gasteiger partial charge in [0.1, 0.15) is 0 Å². The van der Waals surface area contributed by atoms with Gasteiger partial charge in [-0.25, -0.2) is 8.42 Å². The highest BCUT2D eigenvalue weighted by molar-refractivity contribution is 8.00. The second kappa shape index (κ2) is 7.03. The molecule has 21 heavy (non-hydrogen) atoms. The molecule has 0 radical (unpaired) electrons. The minimum Gasteiger partial charge on any atom is -0.399 e. The lowest BCUT2D eigenvalue weighted by Gasteiger charge is -2.37. The quantitative estimate of drug-likeness (QED) is 0.667. The van der Waals surface area contributed by atoms with Crippen LogP contribution in [0.1, 0.15) is 33.1 Å². The van der Waals surface area contributed by atoms with Gasteiger partial charge in [-0.05, 0) is 51.0 Å². The van der Waals surface area contributed by atoms with Crippen molar-refractivity contribution in [2.75, 3.05) is 17.2 Å². The predicted octanol–water partition coefficient (Wildman–Crippen LogP) is 2.95. The molecule has 0 spiro atoms. The zero-order valence-corrected chi connectivity index (χ0v) is 14.3. The summed E-state index contributed by atoms with van der Waals surface area (Å²) in [5.74, 6) is 0.763. The molecule has 118 valence electrons. The Morgan fingerprint density at radius 1 is 1.19 bits per heavy atom. The van der Waals surface area contributed by atoms with E-state index in [1.807, 2.05) is 38.1 Å². The first kappa shape index (κ1) is 16.6. The summed E-state index contributed by atoms with van der Waals surface area (Å²) in [6, 6.07) is 7.79. The van der Waals surface area contributed by atoms with E-state index >= 15 is 0 Å². The molecular formula is C15H24N2O2S2. The number of sulfonamides is 1. The maximum Gasteiger partial charge on any atom is 0.215 e. The Morgan fingerprint density at radius 3 is 2.33 bits per heavy atom. The molecule has 2 rings (SSSR count). The Labute approximate surface area is 132 Å². The first-order valence-corrected chi connectivity index (χ1v) is 9.99. The molecule has 0 amide bonds. The maximum absolute atomic E-state index is 12.5. The van der Waals surface area contributed by atoms with Crippen molar-refractivity contribution in [1.29, 1.82) is 0 Å². The summed E-state index contributed by atoms with van der Waals surface area (Å²) in [7, 11) is -3.17. The van der Waals surface area contributed by atoms with Crippen molar-refractivity contribution in [2.45, 2.75) is 50.1 Å². The van der Waals surface area contributed by atoms with E-state index in [2.05, 4.69) is 0 Å². The van der Waals surface area contributed by atoms with Crippen LogP contribution in [0.25, 0.3) is 0 Å². The van der Waals surface area contributed by atoms with Gasteiger partial charge in [-0.3, -0.25) is 0 Å². The average molecular weight is 329 g/mol. The fourth-order valence-corrected chi connectivity index (χ4v) is 6.14. The van der Waals surface area contributed by atoms with Crippen molar-refractivity contribution in [3.05, 3.63) is 24.3 Å². The number of anilines is 1. The molecule has 2 N–H and O–H groups in total. The molecule has 2 atom stereocenters. The van der Waals surface area contributed by atoms with Gasteiger partial charge in [-0.15, -0.1) is 11.8 Å². The van der Waals surface area contributed by atoms with Gasteiger partial charge in [-0.1, -0.05) is 6.42 Å². The van der Waals surface area contributed by atoms with Crippen LogP contribution in [0.4, 0.5) is 5.69 Å².